The van der Waals surface area contributed by atoms with Gasteiger partial charge in [0, 0.05) is 25.1 Å². The number of hydrogen-bond donors (Lipinski definition) is 2. The standard InChI is InChI=1S/C28H27F2N7O/c1-15(38)12-32-26-33-13-16(14-34-26)25-31-10-8-22(35-25)28-9-7-18(27(28,2)3)17-11-21(36-37-24(17)28)23-19(29)5-4-6-20(23)30/h4-6,8,10-11,13-15,18,38H,7,9,12H2,1-3H3,(H,32,33,34)/t15-,18+,28+/m1/s1. The van der Waals surface area contributed by atoms with Crippen LogP contribution in [0, 0.1) is 17.0 Å². The fourth-order valence-electron chi connectivity index (χ4n) is 6.27. The van der Waals surface area contributed by atoms with Crippen LogP contribution >= 0.6 is 0 Å². The van der Waals surface area contributed by atoms with Crippen LogP contribution in [0.5, 0.6) is 0 Å². The summed E-state index contributed by atoms with van der Waals surface area (Å²) in [6, 6.07) is 7.51. The highest BCUT2D eigenvalue weighted by molar-refractivity contribution is 5.64. The van der Waals surface area contributed by atoms with Crippen LogP contribution in [-0.2, 0) is 5.41 Å². The quantitative estimate of drug-likeness (QED) is 0.382. The lowest BCUT2D eigenvalue weighted by atomic mass is 9.66. The van der Waals surface area contributed by atoms with Crippen LogP contribution in [-0.4, -0.2) is 47.9 Å². The molecule has 6 rings (SSSR count). The van der Waals surface area contributed by atoms with Crippen molar-refractivity contribution in [2.75, 3.05) is 11.9 Å². The van der Waals surface area contributed by atoms with Crippen LogP contribution < -0.4 is 5.32 Å². The van der Waals surface area contributed by atoms with Crippen LogP contribution in [0.3, 0.4) is 0 Å². The summed E-state index contributed by atoms with van der Waals surface area (Å²) in [4.78, 5) is 18.1. The Labute approximate surface area is 218 Å². The first-order chi connectivity index (χ1) is 18.2. The molecule has 0 radical (unpaired) electrons. The number of aromatic nitrogens is 6. The van der Waals surface area contributed by atoms with Crippen molar-refractivity contribution in [3.8, 4) is 22.6 Å². The Bertz CT molecular complexity index is 1510. The maximum atomic E-state index is 14.5. The highest BCUT2D eigenvalue weighted by atomic mass is 19.1. The highest BCUT2D eigenvalue weighted by Crippen LogP contribution is 2.69. The second-order valence-electron chi connectivity index (χ2n) is 10.6. The first kappa shape index (κ1) is 24.4. The van der Waals surface area contributed by atoms with Gasteiger partial charge in [0.2, 0.25) is 5.95 Å². The van der Waals surface area contributed by atoms with Crippen molar-refractivity contribution in [2.24, 2.45) is 5.41 Å². The SMILES string of the molecule is C[C@@H](O)CNc1ncc(-c2nccc([C@@]34CC[C@@H](c5cc(-c6c(F)cccc6F)nnc53)C4(C)C)n2)cn1. The average Bonchev–Trinajstić information content (AvgIpc) is 3.28. The van der Waals surface area contributed by atoms with Gasteiger partial charge in [-0.2, -0.15) is 5.10 Å². The van der Waals surface area contributed by atoms with E-state index in [0.29, 0.717) is 23.9 Å². The van der Waals surface area contributed by atoms with Crippen LogP contribution in [0.4, 0.5) is 14.7 Å². The van der Waals surface area contributed by atoms with Crippen molar-refractivity contribution >= 4 is 5.95 Å². The Balaban J connectivity index is 1.40. The minimum Gasteiger partial charge on any atom is -0.392 e. The van der Waals surface area contributed by atoms with Gasteiger partial charge in [-0.15, -0.1) is 5.10 Å². The Morgan fingerprint density at radius 3 is 2.53 bits per heavy atom. The number of hydrogen-bond acceptors (Lipinski definition) is 8. The van der Waals surface area contributed by atoms with Gasteiger partial charge in [0.25, 0.3) is 0 Å². The normalized spacial score (nSPS) is 21.8. The first-order valence-corrected chi connectivity index (χ1v) is 12.6. The summed E-state index contributed by atoms with van der Waals surface area (Å²) in [5.41, 5.74) is 2.51. The molecule has 8 nitrogen and oxygen atoms in total. The van der Waals surface area contributed by atoms with Crippen molar-refractivity contribution < 1.29 is 13.9 Å². The molecule has 0 saturated heterocycles. The molecule has 4 aromatic rings. The number of anilines is 1. The maximum Gasteiger partial charge on any atom is 0.222 e. The van der Waals surface area contributed by atoms with Gasteiger partial charge in [-0.05, 0) is 60.9 Å². The summed E-state index contributed by atoms with van der Waals surface area (Å²) < 4.78 is 29.1. The lowest BCUT2D eigenvalue weighted by molar-refractivity contribution is 0.208. The molecule has 2 bridgehead atoms. The topological polar surface area (TPSA) is 110 Å². The Hall–Kier alpha value is -3.92. The van der Waals surface area contributed by atoms with Gasteiger partial charge in [0.1, 0.15) is 11.6 Å². The molecule has 38 heavy (non-hydrogen) atoms. The molecule has 194 valence electrons. The van der Waals surface area contributed by atoms with Gasteiger partial charge in [-0.3, -0.25) is 0 Å². The van der Waals surface area contributed by atoms with Gasteiger partial charge >= 0.3 is 0 Å². The molecule has 3 atom stereocenters. The number of rotatable bonds is 6. The summed E-state index contributed by atoms with van der Waals surface area (Å²) in [5.74, 6) is -0.282. The molecule has 2 aliphatic rings. The number of nitrogens with zero attached hydrogens (tertiary/aromatic N) is 6. The van der Waals surface area contributed by atoms with Crippen LogP contribution in [0.25, 0.3) is 22.6 Å². The van der Waals surface area contributed by atoms with E-state index >= 15 is 0 Å². The van der Waals surface area contributed by atoms with Crippen molar-refractivity contribution in [2.45, 2.75) is 51.0 Å². The summed E-state index contributed by atoms with van der Waals surface area (Å²) in [6.45, 7) is 6.42. The third-order valence-corrected chi connectivity index (χ3v) is 8.16. The third kappa shape index (κ3) is 3.58. The largest absolute Gasteiger partial charge is 0.392 e. The van der Waals surface area contributed by atoms with E-state index in [1.165, 1.54) is 18.2 Å². The monoisotopic (exact) mass is 515 g/mol. The number of nitrogens with one attached hydrogen (secondary N) is 1. The zero-order chi connectivity index (χ0) is 26.7. The number of aliphatic hydroxyl groups excluding tert-OH is 1. The zero-order valence-corrected chi connectivity index (χ0v) is 21.3. The molecule has 0 unspecified atom stereocenters. The number of fused-ring (bicyclic) bond motifs is 5. The second-order valence-corrected chi connectivity index (χ2v) is 10.6. The molecule has 3 heterocycles. The molecule has 1 aromatic carbocycles. The molecule has 3 aromatic heterocycles. The van der Waals surface area contributed by atoms with Gasteiger partial charge in [-0.1, -0.05) is 19.9 Å². The van der Waals surface area contributed by atoms with E-state index in [4.69, 9.17) is 4.98 Å². The highest BCUT2D eigenvalue weighted by Gasteiger charge is 2.65. The minimum atomic E-state index is -0.661. The third-order valence-electron chi connectivity index (χ3n) is 8.16. The fourth-order valence-corrected chi connectivity index (χ4v) is 6.27. The summed E-state index contributed by atoms with van der Waals surface area (Å²) in [5, 5.41) is 21.3. The van der Waals surface area contributed by atoms with Crippen molar-refractivity contribution in [3.63, 3.8) is 0 Å². The average molecular weight is 516 g/mol. The molecular weight excluding hydrogens is 488 g/mol. The first-order valence-electron chi connectivity index (χ1n) is 12.6. The fraction of sp³-hybridized carbons (Fsp3) is 0.357. The molecular formula is C28H27F2N7O. The lowest BCUT2D eigenvalue weighted by Crippen LogP contribution is -2.38. The van der Waals surface area contributed by atoms with E-state index in [1.807, 2.05) is 6.07 Å². The molecule has 2 aliphatic carbocycles. The molecule has 2 N–H and O–H groups in total. The molecule has 1 saturated carbocycles. The number of aliphatic hydroxyl groups is 1. The smallest absolute Gasteiger partial charge is 0.222 e. The van der Waals surface area contributed by atoms with E-state index in [1.54, 1.807) is 31.6 Å². The summed E-state index contributed by atoms with van der Waals surface area (Å²) in [6.07, 6.45) is 6.23. The van der Waals surface area contributed by atoms with E-state index in [0.717, 1.165) is 29.8 Å². The van der Waals surface area contributed by atoms with E-state index in [2.05, 4.69) is 44.3 Å². The minimum absolute atomic E-state index is 0.141. The summed E-state index contributed by atoms with van der Waals surface area (Å²) in [7, 11) is 0. The molecule has 0 aliphatic heterocycles. The number of benzene rings is 1. The Morgan fingerprint density at radius 2 is 1.82 bits per heavy atom. The van der Waals surface area contributed by atoms with Crippen LogP contribution in [0.1, 0.15) is 56.5 Å². The summed E-state index contributed by atoms with van der Waals surface area (Å²) >= 11 is 0. The van der Waals surface area contributed by atoms with Gasteiger partial charge in [-0.25, -0.2) is 28.7 Å². The lowest BCUT2D eigenvalue weighted by Gasteiger charge is -2.37. The van der Waals surface area contributed by atoms with Gasteiger partial charge in [0.15, 0.2) is 5.82 Å². The molecule has 0 amide bonds. The van der Waals surface area contributed by atoms with Crippen LogP contribution in [0.2, 0.25) is 0 Å². The maximum absolute atomic E-state index is 14.5. The van der Waals surface area contributed by atoms with Crippen molar-refractivity contribution in [3.05, 3.63) is 77.5 Å². The van der Waals surface area contributed by atoms with E-state index in [-0.39, 0.29) is 22.6 Å². The van der Waals surface area contributed by atoms with Gasteiger partial charge < -0.3 is 10.4 Å². The van der Waals surface area contributed by atoms with Gasteiger partial charge in [0.05, 0.1) is 39.7 Å². The predicted octanol–water partition coefficient (Wildman–Crippen LogP) is 4.66. The van der Waals surface area contributed by atoms with Crippen molar-refractivity contribution in [1.29, 1.82) is 0 Å². The predicted molar refractivity (Wildman–Crippen MR) is 137 cm³/mol. The molecule has 10 heteroatoms. The Kier molecular flexibility index (Phi) is 5.68. The zero-order valence-electron chi connectivity index (χ0n) is 21.3. The van der Waals surface area contributed by atoms with Crippen LogP contribution in [0.15, 0.2) is 48.9 Å². The molecule has 1 fully saturated rings. The number of halogens is 2. The second kappa shape index (κ2) is 8.83. The van der Waals surface area contributed by atoms with E-state index in [9.17, 15) is 13.9 Å². The Morgan fingerprint density at radius 1 is 1.08 bits per heavy atom. The van der Waals surface area contributed by atoms with E-state index < -0.39 is 23.2 Å². The molecule has 0 spiro atoms. The van der Waals surface area contributed by atoms with Crippen molar-refractivity contribution in [1.82, 2.24) is 30.1 Å².